The monoisotopic (exact) mass is 445 g/mol. The van der Waals surface area contributed by atoms with Crippen molar-refractivity contribution < 1.29 is 4.79 Å². The van der Waals surface area contributed by atoms with E-state index in [0.29, 0.717) is 12.8 Å². The van der Waals surface area contributed by atoms with Gasteiger partial charge in [0, 0.05) is 53.3 Å². The van der Waals surface area contributed by atoms with Crippen LogP contribution in [0.25, 0.3) is 11.0 Å². The molecule has 0 aliphatic rings. The molecule has 4 rings (SSSR count). The van der Waals surface area contributed by atoms with Crippen molar-refractivity contribution in [2.45, 2.75) is 44.3 Å². The summed E-state index contributed by atoms with van der Waals surface area (Å²) in [5, 5.41) is 8.59. The van der Waals surface area contributed by atoms with Crippen molar-refractivity contribution in [3.8, 4) is 0 Å². The van der Waals surface area contributed by atoms with Crippen LogP contribution in [0.3, 0.4) is 0 Å². The normalized spacial score (nSPS) is 11.1. The summed E-state index contributed by atoms with van der Waals surface area (Å²) in [6.45, 7) is 6.10. The minimum Gasteiger partial charge on any atom is -0.326 e. The molecule has 0 aliphatic heterocycles. The summed E-state index contributed by atoms with van der Waals surface area (Å²) in [7, 11) is 1.91. The second kappa shape index (κ2) is 9.53. The number of aromatic nitrogens is 4. The lowest BCUT2D eigenvalue weighted by molar-refractivity contribution is -0.116. The molecule has 0 saturated heterocycles. The Morgan fingerprint density at radius 2 is 1.88 bits per heavy atom. The Morgan fingerprint density at radius 1 is 1.09 bits per heavy atom. The number of fused-ring (bicyclic) bond motifs is 1. The van der Waals surface area contributed by atoms with Crippen LogP contribution in [0.4, 0.5) is 5.69 Å². The zero-order valence-electron chi connectivity index (χ0n) is 18.8. The summed E-state index contributed by atoms with van der Waals surface area (Å²) < 4.78 is 1.82. The van der Waals surface area contributed by atoms with Crippen molar-refractivity contribution in [1.82, 2.24) is 19.7 Å². The predicted molar refractivity (Wildman–Crippen MR) is 130 cm³/mol. The molecule has 0 unspecified atom stereocenters. The molecule has 0 aliphatic carbocycles. The molecular weight excluding hydrogens is 418 g/mol. The van der Waals surface area contributed by atoms with Gasteiger partial charge >= 0.3 is 0 Å². The summed E-state index contributed by atoms with van der Waals surface area (Å²) in [6.07, 6.45) is 4.72. The van der Waals surface area contributed by atoms with Crippen LogP contribution in [-0.2, 0) is 24.0 Å². The van der Waals surface area contributed by atoms with E-state index in [1.807, 2.05) is 62.1 Å². The first-order chi connectivity index (χ1) is 15.4. The van der Waals surface area contributed by atoms with Crippen LogP contribution in [0.1, 0.15) is 34.5 Å². The van der Waals surface area contributed by atoms with Gasteiger partial charge in [-0.2, -0.15) is 5.10 Å². The maximum absolute atomic E-state index is 12.6. The number of nitrogens with zero attached hydrogens (tertiary/aromatic N) is 4. The van der Waals surface area contributed by atoms with E-state index in [1.165, 1.54) is 11.1 Å². The SMILES string of the molecule is Cc1nc2c(c(C)nn2C)c(C)c1CCC(=O)Nc1ccc(SCc2cccnc2)cc1. The van der Waals surface area contributed by atoms with E-state index in [4.69, 9.17) is 4.98 Å². The van der Waals surface area contributed by atoms with Gasteiger partial charge in [0.15, 0.2) is 5.65 Å². The van der Waals surface area contributed by atoms with Crippen molar-refractivity contribution in [3.05, 3.63) is 76.9 Å². The first-order valence-electron chi connectivity index (χ1n) is 10.6. The molecule has 164 valence electrons. The van der Waals surface area contributed by atoms with Crippen LogP contribution in [0.5, 0.6) is 0 Å². The van der Waals surface area contributed by atoms with Gasteiger partial charge in [0.25, 0.3) is 0 Å². The quantitative estimate of drug-likeness (QED) is 0.398. The predicted octanol–water partition coefficient (Wildman–Crippen LogP) is 5.15. The van der Waals surface area contributed by atoms with E-state index < -0.39 is 0 Å². The zero-order chi connectivity index (χ0) is 22.7. The minimum atomic E-state index is 0.00238. The number of carbonyl (C=O) groups excluding carboxylic acids is 1. The molecule has 1 amide bonds. The molecule has 0 bridgehead atoms. The van der Waals surface area contributed by atoms with Crippen molar-refractivity contribution >= 4 is 34.4 Å². The first-order valence-corrected chi connectivity index (χ1v) is 11.6. The fraction of sp³-hybridized carbons (Fsp3) is 0.280. The van der Waals surface area contributed by atoms with Crippen LogP contribution in [-0.4, -0.2) is 25.7 Å². The molecule has 1 N–H and O–H groups in total. The number of hydrogen-bond acceptors (Lipinski definition) is 5. The van der Waals surface area contributed by atoms with Crippen LogP contribution >= 0.6 is 11.8 Å². The molecule has 0 atom stereocenters. The number of anilines is 1. The number of amides is 1. The van der Waals surface area contributed by atoms with Crippen molar-refractivity contribution in [2.75, 3.05) is 5.32 Å². The molecule has 0 radical (unpaired) electrons. The number of benzene rings is 1. The molecule has 3 aromatic heterocycles. The highest BCUT2D eigenvalue weighted by Crippen LogP contribution is 2.27. The smallest absolute Gasteiger partial charge is 0.224 e. The lowest BCUT2D eigenvalue weighted by Crippen LogP contribution is -2.13. The number of carbonyl (C=O) groups is 1. The molecule has 3 heterocycles. The third-order valence-electron chi connectivity index (χ3n) is 5.60. The van der Waals surface area contributed by atoms with E-state index in [2.05, 4.69) is 28.4 Å². The van der Waals surface area contributed by atoms with E-state index in [1.54, 1.807) is 18.0 Å². The lowest BCUT2D eigenvalue weighted by atomic mass is 9.99. The average molecular weight is 446 g/mol. The molecule has 7 heteroatoms. The van der Waals surface area contributed by atoms with E-state index in [-0.39, 0.29) is 5.91 Å². The summed E-state index contributed by atoms with van der Waals surface area (Å²) in [5.74, 6) is 0.870. The van der Waals surface area contributed by atoms with E-state index >= 15 is 0 Å². The zero-order valence-corrected chi connectivity index (χ0v) is 19.7. The summed E-state index contributed by atoms with van der Waals surface area (Å²) in [6, 6.07) is 12.0. The van der Waals surface area contributed by atoms with Gasteiger partial charge in [0.2, 0.25) is 5.91 Å². The maximum Gasteiger partial charge on any atom is 0.224 e. The Kier molecular flexibility index (Phi) is 6.55. The Morgan fingerprint density at radius 3 is 2.59 bits per heavy atom. The van der Waals surface area contributed by atoms with Gasteiger partial charge in [-0.3, -0.25) is 14.5 Å². The van der Waals surface area contributed by atoms with Gasteiger partial charge in [-0.25, -0.2) is 4.98 Å². The number of pyridine rings is 2. The third-order valence-corrected chi connectivity index (χ3v) is 6.68. The Labute approximate surface area is 192 Å². The number of thioether (sulfide) groups is 1. The second-order valence-corrected chi connectivity index (χ2v) is 8.98. The van der Waals surface area contributed by atoms with Crippen molar-refractivity contribution in [3.63, 3.8) is 0 Å². The average Bonchev–Trinajstić information content (AvgIpc) is 3.07. The standard InChI is InChI=1S/C25H27N5OS/c1-16-22(17(2)27-25-24(16)18(3)29-30(25)4)11-12-23(31)28-20-7-9-21(10-8-20)32-15-19-6-5-13-26-14-19/h5-10,13-14H,11-12,15H2,1-4H3,(H,28,31). The number of rotatable bonds is 7. The van der Waals surface area contributed by atoms with Gasteiger partial charge < -0.3 is 5.32 Å². The van der Waals surface area contributed by atoms with E-state index in [0.717, 1.165) is 44.3 Å². The van der Waals surface area contributed by atoms with Gasteiger partial charge in [0.1, 0.15) is 0 Å². The Balaban J connectivity index is 1.35. The number of nitrogens with one attached hydrogen (secondary N) is 1. The van der Waals surface area contributed by atoms with Gasteiger partial charge in [-0.15, -0.1) is 11.8 Å². The Hall–Kier alpha value is -3.19. The molecule has 4 aromatic rings. The summed E-state index contributed by atoms with van der Waals surface area (Å²) >= 11 is 1.75. The fourth-order valence-corrected chi connectivity index (χ4v) is 4.81. The van der Waals surface area contributed by atoms with Gasteiger partial charge in [0.05, 0.1) is 5.69 Å². The molecule has 0 fully saturated rings. The molecule has 1 aromatic carbocycles. The van der Waals surface area contributed by atoms with Gasteiger partial charge in [-0.1, -0.05) is 6.07 Å². The van der Waals surface area contributed by atoms with Crippen LogP contribution in [0.15, 0.2) is 53.7 Å². The van der Waals surface area contributed by atoms with E-state index in [9.17, 15) is 4.79 Å². The molecule has 32 heavy (non-hydrogen) atoms. The molecule has 6 nitrogen and oxygen atoms in total. The highest BCUT2D eigenvalue weighted by atomic mass is 32.2. The maximum atomic E-state index is 12.6. The highest BCUT2D eigenvalue weighted by Gasteiger charge is 2.16. The lowest BCUT2D eigenvalue weighted by Gasteiger charge is -2.11. The van der Waals surface area contributed by atoms with Crippen molar-refractivity contribution in [1.29, 1.82) is 0 Å². The fourth-order valence-electron chi connectivity index (χ4n) is 3.98. The second-order valence-electron chi connectivity index (χ2n) is 7.93. The molecule has 0 spiro atoms. The summed E-state index contributed by atoms with van der Waals surface area (Å²) in [4.78, 5) is 22.6. The highest BCUT2D eigenvalue weighted by molar-refractivity contribution is 7.98. The minimum absolute atomic E-state index is 0.00238. The van der Waals surface area contributed by atoms with Crippen LogP contribution in [0, 0.1) is 20.8 Å². The third kappa shape index (κ3) is 4.83. The van der Waals surface area contributed by atoms with Gasteiger partial charge in [-0.05, 0) is 74.2 Å². The van der Waals surface area contributed by atoms with Crippen molar-refractivity contribution in [2.24, 2.45) is 7.05 Å². The summed E-state index contributed by atoms with van der Waals surface area (Å²) in [5.41, 5.74) is 7.12. The van der Waals surface area contributed by atoms with Crippen LogP contribution < -0.4 is 5.32 Å². The number of hydrogen-bond donors (Lipinski definition) is 1. The Bertz CT molecular complexity index is 1250. The topological polar surface area (TPSA) is 72.7 Å². The number of aryl methyl sites for hydroxylation is 4. The largest absolute Gasteiger partial charge is 0.326 e. The first kappa shape index (κ1) is 22.0. The molecule has 0 saturated carbocycles. The van der Waals surface area contributed by atoms with Crippen LogP contribution in [0.2, 0.25) is 0 Å². The molecular formula is C25H27N5OS.